The van der Waals surface area contributed by atoms with E-state index in [1.807, 2.05) is 31.2 Å². The molecule has 0 saturated heterocycles. The van der Waals surface area contributed by atoms with Gasteiger partial charge in [-0.15, -0.1) is 0 Å². The molecule has 5 heteroatoms. The van der Waals surface area contributed by atoms with Crippen LogP contribution < -0.4 is 4.90 Å². The highest BCUT2D eigenvalue weighted by Gasteiger charge is 2.29. The number of aromatic nitrogens is 2. The molecule has 0 aliphatic carbocycles. The lowest BCUT2D eigenvalue weighted by Gasteiger charge is -2.28. The molecule has 1 aromatic carbocycles. The number of benzene rings is 1. The predicted molar refractivity (Wildman–Crippen MR) is 79.7 cm³/mol. The van der Waals surface area contributed by atoms with Gasteiger partial charge in [0.1, 0.15) is 5.69 Å². The molecule has 0 unspecified atom stereocenters. The van der Waals surface area contributed by atoms with Gasteiger partial charge in [0.15, 0.2) is 5.78 Å². The Kier molecular flexibility index (Phi) is 3.33. The van der Waals surface area contributed by atoms with Gasteiger partial charge in [0.2, 0.25) is 0 Å². The second-order valence-corrected chi connectivity index (χ2v) is 5.15. The summed E-state index contributed by atoms with van der Waals surface area (Å²) in [5.41, 5.74) is 2.76. The topological polar surface area (TPSA) is 55.2 Å². The van der Waals surface area contributed by atoms with Crippen LogP contribution in [0.4, 0.5) is 5.69 Å². The van der Waals surface area contributed by atoms with E-state index >= 15 is 0 Å². The fourth-order valence-electron chi connectivity index (χ4n) is 2.66. The van der Waals surface area contributed by atoms with Gasteiger partial charge in [-0.25, -0.2) is 0 Å². The molecule has 21 heavy (non-hydrogen) atoms. The maximum Gasteiger partial charge on any atom is 0.276 e. The van der Waals surface area contributed by atoms with Crippen LogP contribution in [0.1, 0.15) is 39.9 Å². The van der Waals surface area contributed by atoms with E-state index < -0.39 is 0 Å². The fourth-order valence-corrected chi connectivity index (χ4v) is 2.66. The number of aryl methyl sites for hydroxylation is 2. The smallest absolute Gasteiger partial charge is 0.276 e. The highest BCUT2D eigenvalue weighted by molar-refractivity contribution is 6.12. The van der Waals surface area contributed by atoms with Crippen molar-refractivity contribution in [2.45, 2.75) is 19.8 Å². The molecule has 2 heterocycles. The molecule has 2 aromatic rings. The molecule has 0 N–H and O–H groups in total. The van der Waals surface area contributed by atoms with Crippen LogP contribution in [0, 0.1) is 0 Å². The standard InChI is InChI=1S/C16H17N3O2/c1-3-11-10-14(18(2)17-11)16(21)19-9-8-15(20)12-6-4-5-7-13(12)19/h4-7,10H,3,8-9H2,1-2H3. The summed E-state index contributed by atoms with van der Waals surface area (Å²) >= 11 is 0. The lowest BCUT2D eigenvalue weighted by atomic mass is 10.00. The van der Waals surface area contributed by atoms with Crippen LogP contribution >= 0.6 is 0 Å². The van der Waals surface area contributed by atoms with Crippen molar-refractivity contribution in [3.63, 3.8) is 0 Å². The van der Waals surface area contributed by atoms with Gasteiger partial charge in [-0.05, 0) is 24.6 Å². The third-order valence-electron chi connectivity index (χ3n) is 3.81. The van der Waals surface area contributed by atoms with Gasteiger partial charge in [0.25, 0.3) is 5.91 Å². The van der Waals surface area contributed by atoms with Crippen LogP contribution in [-0.2, 0) is 13.5 Å². The van der Waals surface area contributed by atoms with Gasteiger partial charge < -0.3 is 4.90 Å². The predicted octanol–water partition coefficient (Wildman–Crippen LogP) is 2.22. The minimum absolute atomic E-state index is 0.0916. The Hall–Kier alpha value is -2.43. The molecule has 1 aliphatic heterocycles. The largest absolute Gasteiger partial charge is 0.306 e. The molecule has 0 fully saturated rings. The lowest BCUT2D eigenvalue weighted by molar-refractivity contribution is 0.0950. The molecular weight excluding hydrogens is 266 g/mol. The highest BCUT2D eigenvalue weighted by atomic mass is 16.2. The lowest BCUT2D eigenvalue weighted by Crippen LogP contribution is -2.38. The SMILES string of the molecule is CCc1cc(C(=O)N2CCC(=O)c3ccccc32)n(C)n1. The van der Waals surface area contributed by atoms with E-state index in [0.717, 1.165) is 12.1 Å². The van der Waals surface area contributed by atoms with Crippen LogP contribution in [0.3, 0.4) is 0 Å². The maximum atomic E-state index is 12.8. The summed E-state index contributed by atoms with van der Waals surface area (Å²) in [7, 11) is 1.77. The van der Waals surface area contributed by atoms with Crippen LogP contribution in [0.15, 0.2) is 30.3 Å². The van der Waals surface area contributed by atoms with Crippen molar-refractivity contribution >= 4 is 17.4 Å². The number of amides is 1. The molecule has 3 rings (SSSR count). The first-order valence-electron chi connectivity index (χ1n) is 7.09. The molecule has 0 spiro atoms. The third-order valence-corrected chi connectivity index (χ3v) is 3.81. The van der Waals surface area contributed by atoms with Crippen molar-refractivity contribution in [3.8, 4) is 0 Å². The molecule has 0 saturated carbocycles. The molecule has 0 radical (unpaired) electrons. The summed E-state index contributed by atoms with van der Waals surface area (Å²) in [5.74, 6) is -0.0152. The zero-order chi connectivity index (χ0) is 15.0. The number of anilines is 1. The van der Waals surface area contributed by atoms with E-state index in [4.69, 9.17) is 0 Å². The Bertz CT molecular complexity index is 718. The minimum Gasteiger partial charge on any atom is -0.306 e. The molecule has 1 aliphatic rings. The highest BCUT2D eigenvalue weighted by Crippen LogP contribution is 2.28. The number of para-hydroxylation sites is 1. The van der Waals surface area contributed by atoms with Crippen LogP contribution in [0.2, 0.25) is 0 Å². The number of hydrogen-bond acceptors (Lipinski definition) is 3. The van der Waals surface area contributed by atoms with Gasteiger partial charge in [0.05, 0.1) is 11.4 Å². The Morgan fingerprint density at radius 2 is 2.10 bits per heavy atom. The number of ketones is 1. The van der Waals surface area contributed by atoms with Gasteiger partial charge in [-0.3, -0.25) is 14.3 Å². The number of fused-ring (bicyclic) bond motifs is 1. The molecule has 1 amide bonds. The number of nitrogens with zero attached hydrogens (tertiary/aromatic N) is 3. The van der Waals surface area contributed by atoms with Crippen molar-refractivity contribution in [1.29, 1.82) is 0 Å². The first-order valence-corrected chi connectivity index (χ1v) is 7.09. The average Bonchev–Trinajstić information content (AvgIpc) is 2.88. The van der Waals surface area contributed by atoms with Crippen LogP contribution in [-0.4, -0.2) is 28.0 Å². The molecule has 5 nitrogen and oxygen atoms in total. The quantitative estimate of drug-likeness (QED) is 0.849. The van der Waals surface area contributed by atoms with Gasteiger partial charge in [-0.2, -0.15) is 5.10 Å². The third kappa shape index (κ3) is 2.24. The van der Waals surface area contributed by atoms with E-state index in [0.29, 0.717) is 29.9 Å². The zero-order valence-electron chi connectivity index (χ0n) is 12.2. The number of Topliss-reactive ketones (excluding diaryl/α,β-unsaturated/α-hetero) is 1. The first kappa shape index (κ1) is 13.5. The van der Waals surface area contributed by atoms with Crippen LogP contribution in [0.25, 0.3) is 0 Å². The Balaban J connectivity index is 2.01. The van der Waals surface area contributed by atoms with E-state index in [9.17, 15) is 9.59 Å². The first-order chi connectivity index (χ1) is 10.1. The number of carbonyl (C=O) groups is 2. The second kappa shape index (κ2) is 5.16. The van der Waals surface area contributed by atoms with E-state index in [-0.39, 0.29) is 11.7 Å². The Morgan fingerprint density at radius 3 is 2.81 bits per heavy atom. The van der Waals surface area contributed by atoms with Crippen molar-refractivity contribution in [1.82, 2.24) is 9.78 Å². The number of rotatable bonds is 2. The van der Waals surface area contributed by atoms with E-state index in [1.54, 1.807) is 22.7 Å². The summed E-state index contributed by atoms with van der Waals surface area (Å²) in [6, 6.07) is 9.09. The molecule has 108 valence electrons. The summed E-state index contributed by atoms with van der Waals surface area (Å²) in [4.78, 5) is 26.4. The summed E-state index contributed by atoms with van der Waals surface area (Å²) in [6.45, 7) is 2.42. The monoisotopic (exact) mass is 283 g/mol. The minimum atomic E-state index is -0.107. The fraction of sp³-hybridized carbons (Fsp3) is 0.312. The van der Waals surface area contributed by atoms with Crippen molar-refractivity contribution in [2.75, 3.05) is 11.4 Å². The number of carbonyl (C=O) groups excluding carboxylic acids is 2. The van der Waals surface area contributed by atoms with E-state index in [1.165, 1.54) is 0 Å². The molecule has 1 aromatic heterocycles. The maximum absolute atomic E-state index is 12.8. The number of hydrogen-bond donors (Lipinski definition) is 0. The molecular formula is C16H17N3O2. The van der Waals surface area contributed by atoms with Crippen LogP contribution in [0.5, 0.6) is 0 Å². The normalized spacial score (nSPS) is 14.2. The summed E-state index contributed by atoms with van der Waals surface area (Å²) in [6.07, 6.45) is 1.15. The molecule has 0 bridgehead atoms. The second-order valence-electron chi connectivity index (χ2n) is 5.15. The molecule has 0 atom stereocenters. The Labute approximate surface area is 123 Å². The van der Waals surface area contributed by atoms with Gasteiger partial charge >= 0.3 is 0 Å². The van der Waals surface area contributed by atoms with Gasteiger partial charge in [-0.1, -0.05) is 19.1 Å². The zero-order valence-corrected chi connectivity index (χ0v) is 12.2. The summed E-state index contributed by atoms with van der Waals surface area (Å²) < 4.78 is 1.61. The van der Waals surface area contributed by atoms with Gasteiger partial charge in [0, 0.05) is 25.6 Å². The van der Waals surface area contributed by atoms with E-state index in [2.05, 4.69) is 5.10 Å². The average molecular weight is 283 g/mol. The van der Waals surface area contributed by atoms with Crippen molar-refractivity contribution in [2.24, 2.45) is 7.05 Å². The summed E-state index contributed by atoms with van der Waals surface area (Å²) in [5, 5.41) is 4.32. The Morgan fingerprint density at radius 1 is 1.33 bits per heavy atom. The van der Waals surface area contributed by atoms with Crippen molar-refractivity contribution in [3.05, 3.63) is 47.3 Å². The van der Waals surface area contributed by atoms with Crippen molar-refractivity contribution < 1.29 is 9.59 Å².